The Balaban J connectivity index is 1.34. The van der Waals surface area contributed by atoms with Crippen molar-refractivity contribution in [3.63, 3.8) is 0 Å². The Morgan fingerprint density at radius 3 is 2.19 bits per heavy atom. The molecule has 0 saturated heterocycles. The van der Waals surface area contributed by atoms with E-state index in [9.17, 15) is 23.2 Å². The number of hydrogen-bond acceptors (Lipinski definition) is 6. The van der Waals surface area contributed by atoms with Crippen molar-refractivity contribution in [1.29, 1.82) is 0 Å². The van der Waals surface area contributed by atoms with Crippen molar-refractivity contribution in [3.05, 3.63) is 149 Å². The Labute approximate surface area is 274 Å². The van der Waals surface area contributed by atoms with Crippen LogP contribution in [0, 0.1) is 11.6 Å². The van der Waals surface area contributed by atoms with Gasteiger partial charge in [-0.1, -0.05) is 91.9 Å². The summed E-state index contributed by atoms with van der Waals surface area (Å²) in [6, 6.07) is 26.4. The number of halogens is 2. The lowest BCUT2D eigenvalue weighted by atomic mass is 9.79. The highest BCUT2D eigenvalue weighted by molar-refractivity contribution is 8.04. The van der Waals surface area contributed by atoms with Gasteiger partial charge in [-0.05, 0) is 47.2 Å². The zero-order chi connectivity index (χ0) is 33.0. The minimum absolute atomic E-state index is 0.168. The van der Waals surface area contributed by atoms with Crippen molar-refractivity contribution in [1.82, 2.24) is 15.6 Å². The standard InChI is InChI=1S/C37H31F2N3O4S/c1-2-29(33(43)35-41-30-18-9-10-19-32(30)46-35)40-34(44)31(22-25-27(38)16-11-17-28(25)39)42-36(45)37(24-14-7-4-8-15-24)26(20-21-47-37)23-12-5-3-6-13-23/h3-21,26,29,31H,2,22H2,1H3,(H,40,44)(H,42,45)/t26?,29-,31?,37?/m0/s1. The number of ketones is 1. The Morgan fingerprint density at radius 2 is 1.51 bits per heavy atom. The fourth-order valence-corrected chi connectivity index (χ4v) is 7.11. The molecule has 0 spiro atoms. The SMILES string of the molecule is CC[C@H](NC(=O)C(Cc1c(F)cccc1F)NC(=O)C1(c2ccccc2)SC=CC1c1ccccc1)C(=O)c1nc2ccccc2o1. The van der Waals surface area contributed by atoms with E-state index in [1.165, 1.54) is 17.8 Å². The Morgan fingerprint density at radius 1 is 0.851 bits per heavy atom. The number of hydrogen-bond donors (Lipinski definition) is 2. The maximum Gasteiger partial charge on any atom is 0.266 e. The zero-order valence-corrected chi connectivity index (χ0v) is 26.2. The Hall–Kier alpha value is -5.09. The number of rotatable bonds is 11. The number of allylic oxidation sites excluding steroid dienone is 1. The van der Waals surface area contributed by atoms with Crippen LogP contribution in [-0.4, -0.2) is 34.7 Å². The van der Waals surface area contributed by atoms with Crippen LogP contribution in [0.15, 0.2) is 119 Å². The third-order valence-corrected chi connectivity index (χ3v) is 9.64. The number of thioether (sulfide) groups is 1. The van der Waals surface area contributed by atoms with Gasteiger partial charge >= 0.3 is 0 Å². The van der Waals surface area contributed by atoms with Gasteiger partial charge < -0.3 is 15.1 Å². The monoisotopic (exact) mass is 651 g/mol. The molecule has 47 heavy (non-hydrogen) atoms. The van der Waals surface area contributed by atoms with E-state index < -0.39 is 58.4 Å². The highest BCUT2D eigenvalue weighted by Crippen LogP contribution is 2.54. The minimum atomic E-state index is -1.45. The van der Waals surface area contributed by atoms with E-state index in [1.807, 2.05) is 72.1 Å². The summed E-state index contributed by atoms with van der Waals surface area (Å²) in [6.45, 7) is 1.70. The smallest absolute Gasteiger partial charge is 0.266 e. The van der Waals surface area contributed by atoms with Crippen LogP contribution >= 0.6 is 11.8 Å². The molecule has 4 atom stereocenters. The van der Waals surface area contributed by atoms with E-state index in [2.05, 4.69) is 15.6 Å². The van der Waals surface area contributed by atoms with Crippen LogP contribution in [0.25, 0.3) is 11.1 Å². The second-order valence-electron chi connectivity index (χ2n) is 11.2. The van der Waals surface area contributed by atoms with Gasteiger partial charge in [0.1, 0.15) is 27.9 Å². The lowest BCUT2D eigenvalue weighted by molar-refractivity contribution is -0.130. The van der Waals surface area contributed by atoms with Gasteiger partial charge in [0.2, 0.25) is 17.6 Å². The van der Waals surface area contributed by atoms with E-state index in [4.69, 9.17) is 4.42 Å². The number of nitrogens with one attached hydrogen (secondary N) is 2. The van der Waals surface area contributed by atoms with Gasteiger partial charge in [-0.15, -0.1) is 11.8 Å². The van der Waals surface area contributed by atoms with Gasteiger partial charge in [-0.2, -0.15) is 0 Å². The lowest BCUT2D eigenvalue weighted by Crippen LogP contribution is -2.56. The molecule has 6 rings (SSSR count). The molecule has 2 heterocycles. The van der Waals surface area contributed by atoms with Gasteiger partial charge in [0.15, 0.2) is 5.58 Å². The lowest BCUT2D eigenvalue weighted by Gasteiger charge is -2.35. The molecule has 2 N–H and O–H groups in total. The van der Waals surface area contributed by atoms with Crippen molar-refractivity contribution >= 4 is 40.5 Å². The second-order valence-corrected chi connectivity index (χ2v) is 12.3. The molecular weight excluding hydrogens is 620 g/mol. The summed E-state index contributed by atoms with van der Waals surface area (Å²) in [5, 5.41) is 7.37. The molecule has 7 nitrogen and oxygen atoms in total. The first-order valence-electron chi connectivity index (χ1n) is 15.2. The van der Waals surface area contributed by atoms with Crippen LogP contribution in [0.3, 0.4) is 0 Å². The zero-order valence-electron chi connectivity index (χ0n) is 25.4. The summed E-state index contributed by atoms with van der Waals surface area (Å²) in [4.78, 5) is 46.3. The number of benzene rings is 4. The molecule has 1 aromatic heterocycles. The van der Waals surface area contributed by atoms with E-state index in [0.717, 1.165) is 17.7 Å². The van der Waals surface area contributed by atoms with Gasteiger partial charge in [0.25, 0.3) is 5.89 Å². The number of carbonyl (C=O) groups excluding carboxylic acids is 3. The van der Waals surface area contributed by atoms with Gasteiger partial charge in [-0.3, -0.25) is 14.4 Å². The fraction of sp³-hybridized carbons (Fsp3) is 0.189. The first kappa shape index (κ1) is 31.9. The molecule has 10 heteroatoms. The number of oxazole rings is 1. The highest BCUT2D eigenvalue weighted by atomic mass is 32.2. The maximum absolute atomic E-state index is 14.9. The van der Waals surface area contributed by atoms with Gasteiger partial charge in [-0.25, -0.2) is 13.8 Å². The molecule has 2 amide bonds. The van der Waals surface area contributed by atoms with Crippen LogP contribution in [0.5, 0.6) is 0 Å². The van der Waals surface area contributed by atoms with Crippen LogP contribution in [-0.2, 0) is 20.8 Å². The van der Waals surface area contributed by atoms with Crippen molar-refractivity contribution in [2.75, 3.05) is 0 Å². The number of aromatic nitrogens is 1. The van der Waals surface area contributed by atoms with Crippen LogP contribution in [0.4, 0.5) is 8.78 Å². The predicted molar refractivity (Wildman–Crippen MR) is 177 cm³/mol. The molecule has 1 aliphatic rings. The third-order valence-electron chi connectivity index (χ3n) is 8.30. The summed E-state index contributed by atoms with van der Waals surface area (Å²) in [7, 11) is 0. The van der Waals surface area contributed by atoms with Crippen LogP contribution in [0.2, 0.25) is 0 Å². The average molecular weight is 652 g/mol. The molecule has 3 unspecified atom stereocenters. The molecule has 0 saturated carbocycles. The molecule has 5 aromatic rings. The van der Waals surface area contributed by atoms with E-state index in [0.29, 0.717) is 16.7 Å². The summed E-state index contributed by atoms with van der Waals surface area (Å²) >= 11 is 1.30. The van der Waals surface area contributed by atoms with E-state index in [-0.39, 0.29) is 17.9 Å². The van der Waals surface area contributed by atoms with Crippen LogP contribution in [0.1, 0.15) is 46.6 Å². The fourth-order valence-electron chi connectivity index (χ4n) is 5.86. The summed E-state index contributed by atoms with van der Waals surface area (Å²) in [6.07, 6.45) is 1.61. The van der Waals surface area contributed by atoms with E-state index >= 15 is 0 Å². The number of Topliss-reactive ketones (excluding diaryl/α,β-unsaturated/α-hetero) is 1. The first-order chi connectivity index (χ1) is 22.8. The number of fused-ring (bicyclic) bond motifs is 1. The Kier molecular flexibility index (Phi) is 9.31. The largest absolute Gasteiger partial charge is 0.434 e. The molecule has 0 fully saturated rings. The molecule has 238 valence electrons. The quantitative estimate of drug-likeness (QED) is 0.152. The minimum Gasteiger partial charge on any atom is -0.434 e. The van der Waals surface area contributed by atoms with Gasteiger partial charge in [0.05, 0.1) is 6.04 Å². The summed E-state index contributed by atoms with van der Waals surface area (Å²) in [5.74, 6) is -4.20. The number of amides is 2. The molecule has 1 aliphatic heterocycles. The topological polar surface area (TPSA) is 101 Å². The molecular formula is C37H31F2N3O4S. The maximum atomic E-state index is 14.9. The molecule has 0 aliphatic carbocycles. The second kappa shape index (κ2) is 13.7. The number of carbonyl (C=O) groups is 3. The van der Waals surface area contributed by atoms with Gasteiger partial charge in [0, 0.05) is 17.9 Å². The number of nitrogens with zero attached hydrogens (tertiary/aromatic N) is 1. The molecule has 0 bridgehead atoms. The van der Waals surface area contributed by atoms with E-state index in [1.54, 1.807) is 31.2 Å². The first-order valence-corrected chi connectivity index (χ1v) is 16.1. The molecule has 4 aromatic carbocycles. The average Bonchev–Trinajstić information content (AvgIpc) is 3.75. The van der Waals surface area contributed by atoms with Crippen molar-refractivity contribution in [3.8, 4) is 0 Å². The van der Waals surface area contributed by atoms with Crippen molar-refractivity contribution in [2.45, 2.75) is 42.5 Å². The normalized spacial score (nSPS) is 18.5. The summed E-state index contributed by atoms with van der Waals surface area (Å²) in [5.41, 5.74) is 2.11. The van der Waals surface area contributed by atoms with Crippen LogP contribution < -0.4 is 10.6 Å². The van der Waals surface area contributed by atoms with Crippen molar-refractivity contribution < 1.29 is 27.6 Å². The predicted octanol–water partition coefficient (Wildman–Crippen LogP) is 6.85. The van der Waals surface area contributed by atoms with Crippen molar-refractivity contribution in [2.24, 2.45) is 0 Å². The third kappa shape index (κ3) is 6.33. The number of para-hydroxylation sites is 2. The highest BCUT2D eigenvalue weighted by Gasteiger charge is 2.50. The summed E-state index contributed by atoms with van der Waals surface area (Å²) < 4.78 is 34.3. The Bertz CT molecular complexity index is 1900. The molecule has 0 radical (unpaired) electrons.